The van der Waals surface area contributed by atoms with Crippen molar-refractivity contribution in [2.75, 3.05) is 23.9 Å². The van der Waals surface area contributed by atoms with E-state index < -0.39 is 11.9 Å². The van der Waals surface area contributed by atoms with Crippen molar-refractivity contribution in [2.24, 2.45) is 0 Å². The summed E-state index contributed by atoms with van der Waals surface area (Å²) in [4.78, 5) is 32.6. The Morgan fingerprint density at radius 2 is 1.82 bits per heavy atom. The highest BCUT2D eigenvalue weighted by atomic mass is 32.1. The lowest BCUT2D eigenvalue weighted by Crippen LogP contribution is -2.14. The van der Waals surface area contributed by atoms with Crippen molar-refractivity contribution in [3.05, 3.63) is 56.3 Å². The van der Waals surface area contributed by atoms with E-state index in [-0.39, 0.29) is 21.9 Å². The number of hydrogen-bond donors (Lipinski definition) is 3. The molecule has 3 heterocycles. The average Bonchev–Trinajstić information content (AvgIpc) is 3.33. The highest BCUT2D eigenvalue weighted by Crippen LogP contribution is 2.44. The van der Waals surface area contributed by atoms with Crippen molar-refractivity contribution in [3.8, 4) is 17.2 Å². The van der Waals surface area contributed by atoms with Gasteiger partial charge in [-0.25, -0.2) is 9.78 Å². The van der Waals surface area contributed by atoms with Crippen molar-refractivity contribution >= 4 is 61.3 Å². The molecule has 0 atom stereocenters. The summed E-state index contributed by atoms with van der Waals surface area (Å²) in [5.41, 5.74) is 17.1. The van der Waals surface area contributed by atoms with Crippen LogP contribution in [-0.2, 0) is 17.6 Å². The lowest BCUT2D eigenvalue weighted by atomic mass is 9.94. The third-order valence-electron chi connectivity index (χ3n) is 7.13. The number of pyridine rings is 1. The topological polar surface area (TPSA) is 144 Å². The monoisotopic (exact) mass is 559 g/mol. The molecule has 3 aromatic heterocycles. The van der Waals surface area contributed by atoms with Crippen LogP contribution >= 0.6 is 22.7 Å². The smallest absolute Gasteiger partial charge is 0.341 e. The number of methoxy groups -OCH3 is 1. The molecule has 200 valence electrons. The Labute approximate surface area is 234 Å². The number of fused-ring (bicyclic) bond motifs is 2. The molecule has 1 aromatic carbocycles. The number of carbonyl (C=O) groups excluding carboxylic acids is 2. The Balaban J connectivity index is 1.61. The summed E-state index contributed by atoms with van der Waals surface area (Å²) in [6.45, 7) is 4.22. The zero-order valence-corrected chi connectivity index (χ0v) is 23.6. The summed E-state index contributed by atoms with van der Waals surface area (Å²) < 4.78 is 5.07. The summed E-state index contributed by atoms with van der Waals surface area (Å²) in [6.07, 6.45) is 4.77. The molecule has 10 heteroatoms. The van der Waals surface area contributed by atoms with E-state index in [9.17, 15) is 14.9 Å². The summed E-state index contributed by atoms with van der Waals surface area (Å²) in [6, 6.07) is 10.1. The van der Waals surface area contributed by atoms with E-state index in [1.54, 1.807) is 0 Å². The molecule has 0 spiro atoms. The van der Waals surface area contributed by atoms with Gasteiger partial charge in [0.25, 0.3) is 5.91 Å². The summed E-state index contributed by atoms with van der Waals surface area (Å²) >= 11 is 2.53. The Kier molecular flexibility index (Phi) is 7.30. The zero-order valence-electron chi connectivity index (χ0n) is 22.0. The molecule has 1 aliphatic rings. The highest BCUT2D eigenvalue weighted by molar-refractivity contribution is 7.21. The van der Waals surface area contributed by atoms with Crippen LogP contribution in [0.4, 0.5) is 16.5 Å². The van der Waals surface area contributed by atoms with E-state index in [1.807, 2.05) is 24.3 Å². The SMILES string of the molecule is COC(=O)c1c(NC(=O)c2sc3nc(N)c(C#N)c(-c4ccc(C(C)C)cc4)c3c2N)sc2c1CCCCC2. The number of benzene rings is 1. The van der Waals surface area contributed by atoms with E-state index >= 15 is 0 Å². The molecule has 1 amide bonds. The maximum Gasteiger partial charge on any atom is 0.341 e. The largest absolute Gasteiger partial charge is 0.465 e. The van der Waals surface area contributed by atoms with Gasteiger partial charge in [-0.05, 0) is 48.3 Å². The van der Waals surface area contributed by atoms with Crippen LogP contribution in [-0.4, -0.2) is 24.0 Å². The van der Waals surface area contributed by atoms with Crippen molar-refractivity contribution in [2.45, 2.75) is 51.9 Å². The highest BCUT2D eigenvalue weighted by Gasteiger charge is 2.29. The number of thiophene rings is 2. The van der Waals surface area contributed by atoms with Crippen LogP contribution in [0.15, 0.2) is 24.3 Å². The first kappa shape index (κ1) is 26.7. The Morgan fingerprint density at radius 3 is 2.49 bits per heavy atom. The number of nitrogens with two attached hydrogens (primary N) is 2. The number of esters is 1. The minimum atomic E-state index is -0.464. The number of anilines is 3. The first-order chi connectivity index (χ1) is 18.7. The Morgan fingerprint density at radius 1 is 1.10 bits per heavy atom. The number of rotatable bonds is 5. The van der Waals surface area contributed by atoms with Crippen LogP contribution in [0.3, 0.4) is 0 Å². The summed E-state index contributed by atoms with van der Waals surface area (Å²) in [7, 11) is 1.34. The molecule has 0 bridgehead atoms. The van der Waals surface area contributed by atoms with Gasteiger partial charge in [0.15, 0.2) is 0 Å². The van der Waals surface area contributed by atoms with Gasteiger partial charge in [0, 0.05) is 15.8 Å². The molecule has 0 saturated heterocycles. The van der Waals surface area contributed by atoms with E-state index in [0.29, 0.717) is 32.3 Å². The van der Waals surface area contributed by atoms with Crippen molar-refractivity contribution in [1.29, 1.82) is 5.26 Å². The number of aromatic nitrogens is 1. The number of nitrogens with one attached hydrogen (secondary N) is 1. The maximum absolute atomic E-state index is 13.6. The average molecular weight is 560 g/mol. The van der Waals surface area contributed by atoms with Crippen LogP contribution in [0.25, 0.3) is 21.3 Å². The standard InChI is InChI=1S/C29H29N5O3S2/c1-14(2)15-9-11-16(12-10-15)20-18(13-30)25(32)33-28-22(20)23(31)24(39-28)26(35)34-27-21(29(36)37-3)17-7-5-4-6-8-19(17)38-27/h9-12,14H,4-8,31H2,1-3H3,(H2,32,33)(H,34,35). The quantitative estimate of drug-likeness (QED) is 0.187. The fraction of sp³-hybridized carbons (Fsp3) is 0.310. The molecule has 1 aliphatic carbocycles. The van der Waals surface area contributed by atoms with Gasteiger partial charge < -0.3 is 21.5 Å². The normalized spacial score (nSPS) is 13.1. The van der Waals surface area contributed by atoms with Crippen LogP contribution < -0.4 is 16.8 Å². The van der Waals surface area contributed by atoms with Crippen LogP contribution in [0.1, 0.15) is 80.6 Å². The Hall–Kier alpha value is -3.94. The molecule has 0 aliphatic heterocycles. The lowest BCUT2D eigenvalue weighted by molar-refractivity contribution is 0.0601. The molecule has 0 radical (unpaired) electrons. The van der Waals surface area contributed by atoms with Crippen molar-refractivity contribution in [3.63, 3.8) is 0 Å². The maximum atomic E-state index is 13.6. The van der Waals surface area contributed by atoms with Gasteiger partial charge in [-0.2, -0.15) is 5.26 Å². The molecule has 0 saturated carbocycles. The van der Waals surface area contributed by atoms with Crippen molar-refractivity contribution < 1.29 is 14.3 Å². The number of amides is 1. The van der Waals surface area contributed by atoms with E-state index in [4.69, 9.17) is 16.2 Å². The fourth-order valence-electron chi connectivity index (χ4n) is 5.08. The van der Waals surface area contributed by atoms with Gasteiger partial charge in [0.2, 0.25) is 0 Å². The van der Waals surface area contributed by atoms with E-state index in [1.165, 1.54) is 18.4 Å². The van der Waals surface area contributed by atoms with Gasteiger partial charge in [0.1, 0.15) is 32.2 Å². The minimum Gasteiger partial charge on any atom is -0.465 e. The lowest BCUT2D eigenvalue weighted by Gasteiger charge is -2.11. The van der Waals surface area contributed by atoms with E-state index in [0.717, 1.165) is 65.0 Å². The predicted octanol–water partition coefficient (Wildman–Crippen LogP) is 6.49. The van der Waals surface area contributed by atoms with Gasteiger partial charge in [-0.15, -0.1) is 22.7 Å². The Bertz CT molecular complexity index is 1640. The molecule has 4 aromatic rings. The number of ether oxygens (including phenoxy) is 1. The number of nitrogen functional groups attached to an aromatic ring is 2. The third kappa shape index (κ3) is 4.73. The molecule has 39 heavy (non-hydrogen) atoms. The minimum absolute atomic E-state index is 0.0797. The first-order valence-corrected chi connectivity index (χ1v) is 14.4. The van der Waals surface area contributed by atoms with Gasteiger partial charge in [0.05, 0.1) is 18.4 Å². The third-order valence-corrected chi connectivity index (χ3v) is 9.43. The van der Waals surface area contributed by atoms with Crippen LogP contribution in [0.2, 0.25) is 0 Å². The predicted molar refractivity (Wildman–Crippen MR) is 158 cm³/mol. The van der Waals surface area contributed by atoms with Gasteiger partial charge in [-0.3, -0.25) is 4.79 Å². The molecular formula is C29H29N5O3S2. The summed E-state index contributed by atoms with van der Waals surface area (Å²) in [5, 5.41) is 13.9. The first-order valence-electron chi connectivity index (χ1n) is 12.8. The molecule has 0 fully saturated rings. The summed E-state index contributed by atoms with van der Waals surface area (Å²) in [5.74, 6) is -0.485. The van der Waals surface area contributed by atoms with Gasteiger partial charge >= 0.3 is 5.97 Å². The number of hydrogen-bond acceptors (Lipinski definition) is 9. The molecule has 0 unspecified atom stereocenters. The molecule has 8 nitrogen and oxygen atoms in total. The van der Waals surface area contributed by atoms with Gasteiger partial charge in [-0.1, -0.05) is 44.5 Å². The zero-order chi connectivity index (χ0) is 27.8. The second-order valence-corrected chi connectivity index (χ2v) is 12.0. The second kappa shape index (κ2) is 10.7. The molecular weight excluding hydrogens is 530 g/mol. The van der Waals surface area contributed by atoms with E-state index in [2.05, 4.69) is 30.2 Å². The number of nitrogens with zero attached hydrogens (tertiary/aromatic N) is 2. The fourth-order valence-corrected chi connectivity index (χ4v) is 7.36. The van der Waals surface area contributed by atoms with Crippen molar-refractivity contribution in [1.82, 2.24) is 4.98 Å². The number of carbonyl (C=O) groups is 2. The van der Waals surface area contributed by atoms with Crippen LogP contribution in [0, 0.1) is 11.3 Å². The van der Waals surface area contributed by atoms with Crippen LogP contribution in [0.5, 0.6) is 0 Å². The second-order valence-electron chi connectivity index (χ2n) is 9.87. The number of nitriles is 1. The number of aryl methyl sites for hydroxylation is 1. The molecule has 5 N–H and O–H groups in total. The molecule has 5 rings (SSSR count).